The Morgan fingerprint density at radius 1 is 1.17 bits per heavy atom. The Morgan fingerprint density at radius 2 is 2.03 bits per heavy atom. The zero-order valence-electron chi connectivity index (χ0n) is 16.8. The van der Waals surface area contributed by atoms with Gasteiger partial charge in [0.1, 0.15) is 6.54 Å². The SMILES string of the molecule is Cn1ncc2cc(Nc3cccc4ccn(CC(=O)NCC5CC5)c(=O)c34)ccc21. The quantitative estimate of drug-likeness (QED) is 0.520. The third-order valence-electron chi connectivity index (χ3n) is 5.63. The Kier molecular flexibility index (Phi) is 4.50. The second-order valence-electron chi connectivity index (χ2n) is 7.93. The summed E-state index contributed by atoms with van der Waals surface area (Å²) in [5.74, 6) is 0.478. The topological polar surface area (TPSA) is 81.0 Å². The lowest BCUT2D eigenvalue weighted by Crippen LogP contribution is -2.33. The van der Waals surface area contributed by atoms with Crippen LogP contribution in [0.5, 0.6) is 0 Å². The average Bonchev–Trinajstić information content (AvgIpc) is 3.51. The van der Waals surface area contributed by atoms with Crippen molar-refractivity contribution >= 4 is 39.0 Å². The lowest BCUT2D eigenvalue weighted by molar-refractivity contribution is -0.121. The van der Waals surface area contributed by atoms with E-state index < -0.39 is 0 Å². The number of pyridine rings is 1. The van der Waals surface area contributed by atoms with Crippen LogP contribution in [0.15, 0.2) is 59.7 Å². The number of carbonyl (C=O) groups excluding carboxylic acids is 1. The minimum absolute atomic E-state index is 0.0253. The summed E-state index contributed by atoms with van der Waals surface area (Å²) in [5, 5.41) is 13.0. The minimum Gasteiger partial charge on any atom is -0.355 e. The van der Waals surface area contributed by atoms with Gasteiger partial charge in [-0.25, -0.2) is 0 Å². The molecule has 2 aromatic carbocycles. The summed E-state index contributed by atoms with van der Waals surface area (Å²) < 4.78 is 3.30. The third kappa shape index (κ3) is 3.54. The van der Waals surface area contributed by atoms with E-state index in [4.69, 9.17) is 0 Å². The molecule has 0 radical (unpaired) electrons. The lowest BCUT2D eigenvalue weighted by atomic mass is 10.1. The molecule has 30 heavy (non-hydrogen) atoms. The van der Waals surface area contributed by atoms with Crippen molar-refractivity contribution in [3.05, 3.63) is 65.2 Å². The Labute approximate surface area is 173 Å². The van der Waals surface area contributed by atoms with E-state index in [2.05, 4.69) is 15.7 Å². The van der Waals surface area contributed by atoms with Gasteiger partial charge in [0.25, 0.3) is 5.56 Å². The molecule has 7 heteroatoms. The number of rotatable bonds is 6. The smallest absolute Gasteiger partial charge is 0.261 e. The first-order chi connectivity index (χ1) is 14.6. The number of nitrogens with zero attached hydrogens (tertiary/aromatic N) is 3. The van der Waals surface area contributed by atoms with E-state index in [1.807, 2.05) is 60.4 Å². The number of hydrogen-bond acceptors (Lipinski definition) is 4. The Bertz CT molecular complexity index is 1320. The molecule has 2 aromatic heterocycles. The van der Waals surface area contributed by atoms with Gasteiger partial charge < -0.3 is 15.2 Å². The highest BCUT2D eigenvalue weighted by Gasteiger charge is 2.21. The van der Waals surface area contributed by atoms with Gasteiger partial charge in [-0.2, -0.15) is 5.10 Å². The maximum atomic E-state index is 13.2. The molecule has 1 saturated carbocycles. The monoisotopic (exact) mass is 401 g/mol. The van der Waals surface area contributed by atoms with Gasteiger partial charge >= 0.3 is 0 Å². The highest BCUT2D eigenvalue weighted by Crippen LogP contribution is 2.28. The lowest BCUT2D eigenvalue weighted by Gasteiger charge is -2.12. The van der Waals surface area contributed by atoms with Crippen molar-refractivity contribution in [2.24, 2.45) is 13.0 Å². The second kappa shape index (κ2) is 7.33. The standard InChI is InChI=1S/C23H23N5O2/c1-27-20-8-7-18(11-17(20)13-25-27)26-19-4-2-3-16-9-10-28(23(30)22(16)19)14-21(29)24-12-15-5-6-15/h2-4,7-11,13,15,26H,5-6,12,14H2,1H3,(H,24,29). The summed E-state index contributed by atoms with van der Waals surface area (Å²) in [6.07, 6.45) is 5.86. The first-order valence-electron chi connectivity index (χ1n) is 10.2. The van der Waals surface area contributed by atoms with E-state index in [-0.39, 0.29) is 18.0 Å². The first-order valence-corrected chi connectivity index (χ1v) is 10.2. The molecule has 0 aliphatic heterocycles. The Morgan fingerprint density at radius 3 is 2.87 bits per heavy atom. The molecule has 4 aromatic rings. The molecule has 2 heterocycles. The molecular formula is C23H23N5O2. The van der Waals surface area contributed by atoms with Crippen LogP contribution in [0.1, 0.15) is 12.8 Å². The van der Waals surface area contributed by atoms with Gasteiger partial charge in [-0.15, -0.1) is 0 Å². The summed E-state index contributed by atoms with van der Waals surface area (Å²) in [6.45, 7) is 0.724. The van der Waals surface area contributed by atoms with Crippen molar-refractivity contribution in [3.63, 3.8) is 0 Å². The normalized spacial score (nSPS) is 13.6. The molecule has 1 amide bonds. The molecule has 0 atom stereocenters. The van der Waals surface area contributed by atoms with E-state index >= 15 is 0 Å². The molecule has 1 aliphatic rings. The van der Waals surface area contributed by atoms with Gasteiger partial charge in [-0.05, 0) is 54.5 Å². The van der Waals surface area contributed by atoms with Crippen LogP contribution in [-0.2, 0) is 18.4 Å². The summed E-state index contributed by atoms with van der Waals surface area (Å²) in [7, 11) is 1.91. The number of benzene rings is 2. The number of fused-ring (bicyclic) bond motifs is 2. The number of hydrogen-bond donors (Lipinski definition) is 2. The first kappa shape index (κ1) is 18.4. The second-order valence-corrected chi connectivity index (χ2v) is 7.93. The van der Waals surface area contributed by atoms with Crippen molar-refractivity contribution < 1.29 is 4.79 Å². The largest absolute Gasteiger partial charge is 0.355 e. The van der Waals surface area contributed by atoms with Crippen LogP contribution in [0.2, 0.25) is 0 Å². The van der Waals surface area contributed by atoms with Crippen molar-refractivity contribution in [1.29, 1.82) is 0 Å². The van der Waals surface area contributed by atoms with E-state index in [0.29, 0.717) is 23.5 Å². The summed E-state index contributed by atoms with van der Waals surface area (Å²) in [4.78, 5) is 25.4. The third-order valence-corrected chi connectivity index (χ3v) is 5.63. The van der Waals surface area contributed by atoms with E-state index in [9.17, 15) is 9.59 Å². The minimum atomic E-state index is -0.181. The fraction of sp³-hybridized carbons (Fsp3) is 0.261. The maximum Gasteiger partial charge on any atom is 0.261 e. The molecular weight excluding hydrogens is 378 g/mol. The van der Waals surface area contributed by atoms with Gasteiger partial charge in [0.2, 0.25) is 5.91 Å². The highest BCUT2D eigenvalue weighted by molar-refractivity contribution is 5.95. The number of amides is 1. The fourth-order valence-corrected chi connectivity index (χ4v) is 3.75. The molecule has 1 fully saturated rings. The van der Waals surface area contributed by atoms with Gasteiger partial charge in [0.05, 0.1) is 22.8 Å². The number of nitrogens with one attached hydrogen (secondary N) is 2. The average molecular weight is 401 g/mol. The van der Waals surface area contributed by atoms with Crippen LogP contribution in [0, 0.1) is 5.92 Å². The molecule has 0 spiro atoms. The van der Waals surface area contributed by atoms with Gasteiger partial charge in [-0.1, -0.05) is 12.1 Å². The number of anilines is 2. The summed E-state index contributed by atoms with van der Waals surface area (Å²) >= 11 is 0. The molecule has 2 N–H and O–H groups in total. The van der Waals surface area contributed by atoms with Crippen LogP contribution < -0.4 is 16.2 Å². The fourth-order valence-electron chi connectivity index (χ4n) is 3.75. The van der Waals surface area contributed by atoms with Crippen molar-refractivity contribution in [2.45, 2.75) is 19.4 Å². The van der Waals surface area contributed by atoms with Gasteiger partial charge in [0.15, 0.2) is 0 Å². The molecule has 0 unspecified atom stereocenters. The van der Waals surface area contributed by atoms with Crippen molar-refractivity contribution in [1.82, 2.24) is 19.7 Å². The molecule has 1 aliphatic carbocycles. The number of aryl methyl sites for hydroxylation is 1. The van der Waals surface area contributed by atoms with Crippen LogP contribution in [0.3, 0.4) is 0 Å². The number of carbonyl (C=O) groups is 1. The predicted octanol–water partition coefficient (Wildman–Crippen LogP) is 3.16. The van der Waals surface area contributed by atoms with E-state index in [0.717, 1.165) is 22.0 Å². The molecule has 0 bridgehead atoms. The maximum absolute atomic E-state index is 13.2. The molecule has 0 saturated heterocycles. The van der Waals surface area contributed by atoms with Crippen LogP contribution in [0.25, 0.3) is 21.7 Å². The van der Waals surface area contributed by atoms with Crippen LogP contribution >= 0.6 is 0 Å². The predicted molar refractivity (Wildman–Crippen MR) is 118 cm³/mol. The van der Waals surface area contributed by atoms with E-state index in [1.165, 1.54) is 17.4 Å². The Balaban J connectivity index is 1.46. The number of aromatic nitrogens is 3. The zero-order valence-corrected chi connectivity index (χ0v) is 16.8. The van der Waals surface area contributed by atoms with Crippen LogP contribution in [0.4, 0.5) is 11.4 Å². The molecule has 5 rings (SSSR count). The Hall–Kier alpha value is -3.61. The van der Waals surface area contributed by atoms with Crippen LogP contribution in [-0.4, -0.2) is 26.8 Å². The molecule has 7 nitrogen and oxygen atoms in total. The summed E-state index contributed by atoms with van der Waals surface area (Å²) in [5.41, 5.74) is 2.45. The molecule has 152 valence electrons. The van der Waals surface area contributed by atoms with E-state index in [1.54, 1.807) is 6.20 Å². The highest BCUT2D eigenvalue weighted by atomic mass is 16.2. The van der Waals surface area contributed by atoms with Gasteiger partial charge in [0, 0.05) is 30.9 Å². The van der Waals surface area contributed by atoms with Crippen molar-refractivity contribution in [3.8, 4) is 0 Å². The zero-order chi connectivity index (χ0) is 20.7. The van der Waals surface area contributed by atoms with Gasteiger partial charge in [-0.3, -0.25) is 14.3 Å². The summed E-state index contributed by atoms with van der Waals surface area (Å²) in [6, 6.07) is 13.6. The van der Waals surface area contributed by atoms with Crippen molar-refractivity contribution in [2.75, 3.05) is 11.9 Å².